The Morgan fingerprint density at radius 1 is 1.40 bits per heavy atom. The maximum atomic E-state index is 11.2. The van der Waals surface area contributed by atoms with E-state index in [1.165, 1.54) is 4.68 Å². The number of para-hydroxylation sites is 1. The average molecular weight is 275 g/mol. The molecule has 0 amide bonds. The van der Waals surface area contributed by atoms with Crippen LogP contribution in [0.1, 0.15) is 12.5 Å². The van der Waals surface area contributed by atoms with Crippen molar-refractivity contribution in [1.82, 2.24) is 20.2 Å². The molecule has 1 heterocycles. The van der Waals surface area contributed by atoms with E-state index in [-0.39, 0.29) is 58.2 Å². The molecule has 0 N–H and O–H groups in total. The average Bonchev–Trinajstić information content (AvgIpc) is 2.64. The number of benzene rings is 1. The number of nitrogens with zero attached hydrogens (tertiary/aromatic N) is 4. The van der Waals surface area contributed by atoms with Gasteiger partial charge >= 0.3 is 58.2 Å². The van der Waals surface area contributed by atoms with Crippen molar-refractivity contribution < 1.29 is 58.2 Å². The summed E-state index contributed by atoms with van der Waals surface area (Å²) in [5.41, 5.74) is 1.37. The molecule has 5 nitrogen and oxygen atoms in total. The summed E-state index contributed by atoms with van der Waals surface area (Å²) in [5.74, 6) is 0. The van der Waals surface area contributed by atoms with Gasteiger partial charge in [-0.05, 0) is 12.0 Å². The van der Waals surface area contributed by atoms with Crippen LogP contribution < -0.4 is 69.0 Å². The largest absolute Gasteiger partial charge is 1.00 e. The van der Waals surface area contributed by atoms with E-state index >= 15 is 0 Å². The van der Waals surface area contributed by atoms with E-state index in [9.17, 15) is 4.79 Å². The summed E-state index contributed by atoms with van der Waals surface area (Å²) in [6.07, 6.45) is 0.843. The van der Waals surface area contributed by atoms with E-state index in [4.69, 9.17) is 0 Å². The summed E-state index contributed by atoms with van der Waals surface area (Å²) < 4.78 is 1.21. The monoisotopic (exact) mass is 274 g/mol. The van der Waals surface area contributed by atoms with E-state index in [0.717, 1.165) is 17.7 Å². The zero-order valence-electron chi connectivity index (χ0n) is 8.71. The van der Waals surface area contributed by atoms with Crippen molar-refractivity contribution in [1.29, 1.82) is 0 Å². The summed E-state index contributed by atoms with van der Waals surface area (Å²) in [4.78, 5) is 11.2. The molecule has 0 saturated heterocycles. The van der Waals surface area contributed by atoms with Crippen LogP contribution in [0.25, 0.3) is 5.69 Å². The topological polar surface area (TPSA) is 61.9 Å². The van der Waals surface area contributed by atoms with Gasteiger partial charge in [0.1, 0.15) is 0 Å². The van der Waals surface area contributed by atoms with Gasteiger partial charge in [-0.15, -0.1) is 0 Å². The molecule has 0 fully saturated rings. The number of rotatable bonds is 2. The van der Waals surface area contributed by atoms with Crippen molar-refractivity contribution >= 4 is 0 Å². The zero-order valence-corrected chi connectivity index (χ0v) is 13.6. The van der Waals surface area contributed by atoms with E-state index < -0.39 is 5.69 Å². The van der Waals surface area contributed by atoms with Gasteiger partial charge in [-0.1, -0.05) is 31.2 Å². The molecule has 15 heavy (non-hydrogen) atoms. The number of aromatic nitrogens is 4. The third-order valence-electron chi connectivity index (χ3n) is 2.04. The molecular formula is C9H9N4ORb. The molecule has 0 spiro atoms. The van der Waals surface area contributed by atoms with E-state index in [1.54, 1.807) is 0 Å². The van der Waals surface area contributed by atoms with Crippen LogP contribution in [0, 0.1) is 0 Å². The first-order valence-electron chi connectivity index (χ1n) is 4.36. The van der Waals surface area contributed by atoms with Crippen molar-refractivity contribution in [3.05, 3.63) is 40.3 Å². The summed E-state index contributed by atoms with van der Waals surface area (Å²) in [7, 11) is 0. The van der Waals surface area contributed by atoms with Gasteiger partial charge in [0, 0.05) is 5.69 Å². The maximum absolute atomic E-state index is 11.2. The summed E-state index contributed by atoms with van der Waals surface area (Å²) in [6.45, 7) is 2.02. The molecule has 0 radical (unpaired) electrons. The number of hydrogen-bond donors (Lipinski definition) is 0. The van der Waals surface area contributed by atoms with Crippen LogP contribution in [0.4, 0.5) is 0 Å². The second kappa shape index (κ2) is 5.84. The van der Waals surface area contributed by atoms with Gasteiger partial charge in [0.2, 0.25) is 5.69 Å². The Morgan fingerprint density at radius 2 is 2.13 bits per heavy atom. The Kier molecular flexibility index (Phi) is 5.04. The smallest absolute Gasteiger partial charge is 0.310 e. The molecule has 2 rings (SSSR count). The quantitative estimate of drug-likeness (QED) is 0.592. The summed E-state index contributed by atoms with van der Waals surface area (Å²) in [6, 6.07) is 7.57. The Morgan fingerprint density at radius 3 is 2.73 bits per heavy atom. The molecule has 0 aliphatic rings. The molecule has 0 aliphatic carbocycles. The summed E-state index contributed by atoms with van der Waals surface area (Å²) in [5, 5.41) is 10.3. The van der Waals surface area contributed by atoms with Gasteiger partial charge in [0.05, 0.1) is 0 Å². The van der Waals surface area contributed by atoms with Crippen molar-refractivity contribution in [2.75, 3.05) is 0 Å². The Hall–Kier alpha value is -0.105. The Bertz CT molecular complexity index is 491. The summed E-state index contributed by atoms with van der Waals surface area (Å²) >= 11 is 0. The molecule has 1 aromatic heterocycles. The Labute approximate surface area is 136 Å². The van der Waals surface area contributed by atoms with Crippen LogP contribution in [0.5, 0.6) is 0 Å². The molecule has 1 aromatic carbocycles. The fourth-order valence-corrected chi connectivity index (χ4v) is 1.35. The van der Waals surface area contributed by atoms with Gasteiger partial charge in [-0.2, -0.15) is 5.21 Å². The van der Waals surface area contributed by atoms with Crippen molar-refractivity contribution in [2.45, 2.75) is 13.3 Å². The number of tetrazole rings is 1. The molecule has 72 valence electrons. The maximum Gasteiger partial charge on any atom is 1.00 e. The molecule has 0 bridgehead atoms. The third kappa shape index (κ3) is 2.72. The van der Waals surface area contributed by atoms with E-state index in [2.05, 4.69) is 15.5 Å². The predicted molar refractivity (Wildman–Crippen MR) is 50.3 cm³/mol. The second-order valence-electron chi connectivity index (χ2n) is 2.86. The SMILES string of the molecule is CCc1ccccc1-n1nn[n-]c1=O.[Rb+]. The number of aryl methyl sites for hydroxylation is 1. The molecule has 0 saturated carbocycles. The van der Waals surface area contributed by atoms with Crippen LogP contribution in [0.3, 0.4) is 0 Å². The minimum absolute atomic E-state index is 0. The standard InChI is InChI=1S/C9H10N4O.Rb/c1-2-7-5-3-4-6-8(7)13-9(14)10-11-12-13;/h3-6H,2H2,1H3,(H,10,12,14);/q;+1/p-1. The second-order valence-corrected chi connectivity index (χ2v) is 2.86. The van der Waals surface area contributed by atoms with Crippen LogP contribution in [0.2, 0.25) is 0 Å². The fraction of sp³-hybridized carbons (Fsp3) is 0.222. The van der Waals surface area contributed by atoms with Gasteiger partial charge in [-0.3, -0.25) is 10.0 Å². The number of hydrogen-bond acceptors (Lipinski definition) is 3. The Balaban J connectivity index is 0.00000112. The molecular weight excluding hydrogens is 266 g/mol. The van der Waals surface area contributed by atoms with Crippen LogP contribution in [0.15, 0.2) is 29.1 Å². The third-order valence-corrected chi connectivity index (χ3v) is 2.04. The van der Waals surface area contributed by atoms with E-state index in [1.807, 2.05) is 31.2 Å². The normalized spacial score (nSPS) is 9.67. The first-order chi connectivity index (χ1) is 6.83. The predicted octanol–water partition coefficient (Wildman–Crippen LogP) is -2.85. The van der Waals surface area contributed by atoms with Gasteiger partial charge in [0.25, 0.3) is 0 Å². The minimum atomic E-state index is -0.439. The van der Waals surface area contributed by atoms with Gasteiger partial charge in [-0.25, -0.2) is 5.10 Å². The van der Waals surface area contributed by atoms with E-state index in [0.29, 0.717) is 0 Å². The molecule has 0 atom stereocenters. The van der Waals surface area contributed by atoms with Crippen molar-refractivity contribution in [2.24, 2.45) is 0 Å². The fourth-order valence-electron chi connectivity index (χ4n) is 1.35. The van der Waals surface area contributed by atoms with Crippen molar-refractivity contribution in [3.63, 3.8) is 0 Å². The molecule has 2 aromatic rings. The van der Waals surface area contributed by atoms with Crippen molar-refractivity contribution in [3.8, 4) is 5.69 Å². The first-order valence-corrected chi connectivity index (χ1v) is 4.36. The van der Waals surface area contributed by atoms with Crippen LogP contribution in [-0.4, -0.2) is 15.1 Å². The first kappa shape index (κ1) is 13.0. The zero-order chi connectivity index (χ0) is 9.97. The van der Waals surface area contributed by atoms with Crippen LogP contribution in [-0.2, 0) is 6.42 Å². The van der Waals surface area contributed by atoms with Crippen LogP contribution >= 0.6 is 0 Å². The van der Waals surface area contributed by atoms with Gasteiger partial charge in [0.15, 0.2) is 0 Å². The molecule has 0 aliphatic heterocycles. The molecule has 0 unspecified atom stereocenters. The molecule has 6 heteroatoms. The van der Waals surface area contributed by atoms with Gasteiger partial charge < -0.3 is 4.68 Å². The minimum Gasteiger partial charge on any atom is -0.310 e.